The summed E-state index contributed by atoms with van der Waals surface area (Å²) in [6, 6.07) is 21.7. The monoisotopic (exact) mass is 422 g/mol. The van der Waals surface area contributed by atoms with Crippen molar-refractivity contribution in [2.24, 2.45) is 4.99 Å². The van der Waals surface area contributed by atoms with Gasteiger partial charge in [0.15, 0.2) is 0 Å². The predicted octanol–water partition coefficient (Wildman–Crippen LogP) is 4.62. The molecule has 3 aromatic carbocycles. The van der Waals surface area contributed by atoms with Crippen LogP contribution < -0.4 is 10.1 Å². The van der Waals surface area contributed by atoms with Gasteiger partial charge in [-0.25, -0.2) is 9.98 Å². The highest BCUT2D eigenvalue weighted by atomic mass is 16.5. The van der Waals surface area contributed by atoms with E-state index in [-0.39, 0.29) is 5.91 Å². The molecule has 0 bridgehead atoms. The molecular formula is C26H22N4O2. The van der Waals surface area contributed by atoms with Crippen LogP contribution >= 0.6 is 0 Å². The summed E-state index contributed by atoms with van der Waals surface area (Å²) >= 11 is 0. The number of amides is 1. The fourth-order valence-electron chi connectivity index (χ4n) is 3.93. The number of carbonyl (C=O) groups is 1. The Morgan fingerprint density at radius 2 is 1.88 bits per heavy atom. The van der Waals surface area contributed by atoms with Gasteiger partial charge in [-0.3, -0.25) is 4.79 Å². The van der Waals surface area contributed by atoms with E-state index < -0.39 is 0 Å². The van der Waals surface area contributed by atoms with Crippen LogP contribution in [0, 0.1) is 0 Å². The summed E-state index contributed by atoms with van der Waals surface area (Å²) in [6.45, 7) is 0.714. The van der Waals surface area contributed by atoms with Crippen LogP contribution in [-0.4, -0.2) is 28.4 Å². The summed E-state index contributed by atoms with van der Waals surface area (Å²) in [7, 11) is 1.65. The van der Waals surface area contributed by atoms with Crippen molar-refractivity contribution < 1.29 is 9.53 Å². The van der Waals surface area contributed by atoms with Crippen LogP contribution in [0.4, 0.5) is 5.69 Å². The molecule has 4 aromatic rings. The Morgan fingerprint density at radius 3 is 2.59 bits per heavy atom. The van der Waals surface area contributed by atoms with E-state index >= 15 is 0 Å². The normalized spacial score (nSPS) is 12.2. The number of nitrogens with one attached hydrogen (secondary N) is 1. The number of aliphatic imine (C=N–C) groups is 1. The zero-order valence-corrected chi connectivity index (χ0v) is 17.7. The van der Waals surface area contributed by atoms with Crippen LogP contribution in [0.3, 0.4) is 0 Å². The molecule has 0 unspecified atom stereocenters. The first-order valence-electron chi connectivity index (χ1n) is 10.4. The van der Waals surface area contributed by atoms with Gasteiger partial charge in [-0.15, -0.1) is 0 Å². The summed E-state index contributed by atoms with van der Waals surface area (Å²) in [4.78, 5) is 21.7. The average molecular weight is 422 g/mol. The molecule has 0 spiro atoms. The minimum atomic E-state index is -0.175. The molecule has 6 heteroatoms. The molecule has 0 atom stereocenters. The first-order valence-corrected chi connectivity index (χ1v) is 10.4. The van der Waals surface area contributed by atoms with E-state index in [2.05, 4.69) is 22.4 Å². The van der Waals surface area contributed by atoms with Gasteiger partial charge in [0.25, 0.3) is 5.91 Å². The lowest BCUT2D eigenvalue weighted by atomic mass is 9.99. The molecular weight excluding hydrogens is 400 g/mol. The number of fused-ring (bicyclic) bond motifs is 1. The van der Waals surface area contributed by atoms with E-state index in [1.165, 1.54) is 0 Å². The topological polar surface area (TPSA) is 68.5 Å². The van der Waals surface area contributed by atoms with Crippen molar-refractivity contribution in [2.75, 3.05) is 7.11 Å². The molecule has 6 nitrogen and oxygen atoms in total. The van der Waals surface area contributed by atoms with Crippen LogP contribution in [0.25, 0.3) is 11.1 Å². The van der Waals surface area contributed by atoms with Crippen molar-refractivity contribution in [1.82, 2.24) is 14.9 Å². The van der Waals surface area contributed by atoms with Crippen LogP contribution in [0.5, 0.6) is 5.75 Å². The first kappa shape index (κ1) is 19.8. The Bertz CT molecular complexity index is 1280. The van der Waals surface area contributed by atoms with Crippen LogP contribution in [-0.2, 0) is 13.0 Å². The Kier molecular flexibility index (Phi) is 5.25. The molecule has 2 heterocycles. The second-order valence-electron chi connectivity index (χ2n) is 7.63. The summed E-state index contributed by atoms with van der Waals surface area (Å²) in [5.41, 5.74) is 5.63. The number of aromatic nitrogens is 2. The smallest absolute Gasteiger partial charge is 0.256 e. The molecule has 1 N–H and O–H groups in total. The van der Waals surface area contributed by atoms with Crippen molar-refractivity contribution >= 4 is 17.4 Å². The highest BCUT2D eigenvalue weighted by Crippen LogP contribution is 2.42. The van der Waals surface area contributed by atoms with E-state index in [0.717, 1.165) is 33.7 Å². The van der Waals surface area contributed by atoms with Gasteiger partial charge in [0, 0.05) is 42.0 Å². The van der Waals surface area contributed by atoms with Crippen molar-refractivity contribution in [3.8, 4) is 16.9 Å². The number of benzene rings is 3. The molecule has 0 aliphatic carbocycles. The SMILES string of the molecule is COc1ccc(-c2ccccc2)c2c1CC(NC(=O)c1ccc(Cn3ccnc3)cc1)=N2. The molecule has 5 rings (SSSR count). The second-order valence-corrected chi connectivity index (χ2v) is 7.63. The molecule has 158 valence electrons. The maximum atomic E-state index is 12.9. The quantitative estimate of drug-likeness (QED) is 0.510. The molecule has 0 saturated heterocycles. The van der Waals surface area contributed by atoms with E-state index in [1.807, 2.05) is 65.4 Å². The standard InChI is InChI=1S/C26H22N4O2/c1-32-23-12-11-21(19-5-3-2-4-6-19)25-22(23)15-24(28-25)29-26(31)20-9-7-18(8-10-20)16-30-14-13-27-17-30/h2-14,17H,15-16H2,1H3,(H,28,29,31). The number of nitrogens with zero attached hydrogens (tertiary/aromatic N) is 3. The fraction of sp³-hybridized carbons (Fsp3) is 0.115. The lowest BCUT2D eigenvalue weighted by Gasteiger charge is -2.10. The molecule has 0 saturated carbocycles. The van der Waals surface area contributed by atoms with Crippen molar-refractivity contribution in [3.63, 3.8) is 0 Å². The highest BCUT2D eigenvalue weighted by molar-refractivity contribution is 6.10. The van der Waals surface area contributed by atoms with Crippen LogP contribution in [0.2, 0.25) is 0 Å². The maximum absolute atomic E-state index is 12.9. The predicted molar refractivity (Wildman–Crippen MR) is 124 cm³/mol. The van der Waals surface area contributed by atoms with Crippen molar-refractivity contribution in [3.05, 3.63) is 102 Å². The van der Waals surface area contributed by atoms with Gasteiger partial charge >= 0.3 is 0 Å². The summed E-state index contributed by atoms with van der Waals surface area (Å²) in [5.74, 6) is 1.22. The Hall–Kier alpha value is -4.19. The zero-order valence-electron chi connectivity index (χ0n) is 17.7. The number of hydrogen-bond acceptors (Lipinski definition) is 4. The van der Waals surface area contributed by atoms with E-state index in [1.54, 1.807) is 19.6 Å². The third-order valence-electron chi connectivity index (χ3n) is 5.53. The Labute approximate surface area is 186 Å². The maximum Gasteiger partial charge on any atom is 0.256 e. The first-order chi connectivity index (χ1) is 15.7. The molecule has 1 amide bonds. The summed E-state index contributed by atoms with van der Waals surface area (Å²) in [5, 5.41) is 2.98. The molecule has 1 aliphatic heterocycles. The highest BCUT2D eigenvalue weighted by Gasteiger charge is 2.24. The van der Waals surface area contributed by atoms with E-state index in [4.69, 9.17) is 9.73 Å². The van der Waals surface area contributed by atoms with Gasteiger partial charge in [-0.05, 0) is 35.4 Å². The second kappa shape index (κ2) is 8.51. The largest absolute Gasteiger partial charge is 0.496 e. The fourth-order valence-corrected chi connectivity index (χ4v) is 3.93. The molecule has 32 heavy (non-hydrogen) atoms. The van der Waals surface area contributed by atoms with Crippen LogP contribution in [0.1, 0.15) is 21.5 Å². The average Bonchev–Trinajstić information content (AvgIpc) is 3.49. The Balaban J connectivity index is 1.35. The number of ether oxygens (including phenoxy) is 1. The molecule has 1 aromatic heterocycles. The van der Waals surface area contributed by atoms with Gasteiger partial charge in [-0.2, -0.15) is 0 Å². The zero-order chi connectivity index (χ0) is 21.9. The van der Waals surface area contributed by atoms with Gasteiger partial charge in [-0.1, -0.05) is 42.5 Å². The Morgan fingerprint density at radius 1 is 1.06 bits per heavy atom. The van der Waals surface area contributed by atoms with Crippen molar-refractivity contribution in [2.45, 2.75) is 13.0 Å². The molecule has 0 fully saturated rings. The van der Waals surface area contributed by atoms with E-state index in [0.29, 0.717) is 24.4 Å². The lowest BCUT2D eigenvalue weighted by molar-refractivity contribution is 0.0976. The molecule has 1 aliphatic rings. The number of rotatable bonds is 5. The minimum Gasteiger partial charge on any atom is -0.496 e. The lowest BCUT2D eigenvalue weighted by Crippen LogP contribution is -2.30. The number of carbonyl (C=O) groups excluding carboxylic acids is 1. The van der Waals surface area contributed by atoms with E-state index in [9.17, 15) is 4.79 Å². The number of hydrogen-bond donors (Lipinski definition) is 1. The van der Waals surface area contributed by atoms with Crippen LogP contribution in [0.15, 0.2) is 90.4 Å². The number of methoxy groups -OCH3 is 1. The van der Waals surface area contributed by atoms with Gasteiger partial charge < -0.3 is 14.6 Å². The van der Waals surface area contributed by atoms with Gasteiger partial charge in [0.05, 0.1) is 19.1 Å². The third kappa shape index (κ3) is 3.90. The van der Waals surface area contributed by atoms with Gasteiger partial charge in [0.2, 0.25) is 0 Å². The summed E-state index contributed by atoms with van der Waals surface area (Å²) < 4.78 is 7.53. The minimum absolute atomic E-state index is 0.175. The number of imidazole rings is 1. The van der Waals surface area contributed by atoms with Crippen molar-refractivity contribution in [1.29, 1.82) is 0 Å². The number of amidine groups is 1. The molecule has 0 radical (unpaired) electrons. The third-order valence-corrected chi connectivity index (χ3v) is 5.53. The summed E-state index contributed by atoms with van der Waals surface area (Å²) in [6.07, 6.45) is 5.95. The van der Waals surface area contributed by atoms with Gasteiger partial charge in [0.1, 0.15) is 11.6 Å².